The number of carbonyl (C=O) groups is 2. The molecule has 0 saturated heterocycles. The molecule has 3 aromatic heterocycles. The zero-order chi connectivity index (χ0) is 17.8. The molecule has 3 aromatic rings. The number of carbonyl (C=O) groups excluding carboxylic acids is 2. The van der Waals surface area contributed by atoms with Crippen molar-refractivity contribution in [3.63, 3.8) is 0 Å². The van der Waals surface area contributed by atoms with E-state index in [1.165, 1.54) is 0 Å². The van der Waals surface area contributed by atoms with Crippen molar-refractivity contribution in [2.45, 2.75) is 26.7 Å². The quantitative estimate of drug-likeness (QED) is 0.662. The van der Waals surface area contributed by atoms with Crippen molar-refractivity contribution in [2.75, 3.05) is 5.32 Å². The molecule has 3 heterocycles. The molecule has 0 saturated carbocycles. The summed E-state index contributed by atoms with van der Waals surface area (Å²) < 4.78 is 0. The highest BCUT2D eigenvalue weighted by atomic mass is 32.1. The highest BCUT2D eigenvalue weighted by Gasteiger charge is 2.15. The van der Waals surface area contributed by atoms with Crippen LogP contribution in [0.25, 0.3) is 11.5 Å². The van der Waals surface area contributed by atoms with Crippen molar-refractivity contribution in [1.82, 2.24) is 20.2 Å². The number of thiophene rings is 1. The summed E-state index contributed by atoms with van der Waals surface area (Å²) in [6.07, 6.45) is 1.89. The van der Waals surface area contributed by atoms with E-state index in [0.717, 1.165) is 9.75 Å². The fourth-order valence-corrected chi connectivity index (χ4v) is 3.33. The van der Waals surface area contributed by atoms with Crippen LogP contribution in [-0.2, 0) is 4.79 Å². The number of anilines is 1. The largest absolute Gasteiger partial charge is 0.294 e. The number of aromatic amines is 1. The van der Waals surface area contributed by atoms with Gasteiger partial charge in [-0.05, 0) is 32.0 Å². The number of hydrogen-bond donors (Lipinski definition) is 2. The van der Waals surface area contributed by atoms with Crippen LogP contribution in [0, 0.1) is 13.8 Å². The molecule has 0 fully saturated rings. The van der Waals surface area contributed by atoms with Gasteiger partial charge in [0.25, 0.3) is 0 Å². The molecule has 7 nitrogen and oxygen atoms in total. The van der Waals surface area contributed by atoms with E-state index >= 15 is 0 Å². The molecule has 0 aliphatic carbocycles. The maximum absolute atomic E-state index is 12.2. The van der Waals surface area contributed by atoms with Gasteiger partial charge in [0.15, 0.2) is 11.6 Å². The first-order chi connectivity index (χ1) is 12.0. The lowest BCUT2D eigenvalue weighted by Crippen LogP contribution is -2.14. The number of pyridine rings is 1. The number of hydrogen-bond acceptors (Lipinski definition) is 6. The van der Waals surface area contributed by atoms with Crippen LogP contribution in [0.2, 0.25) is 0 Å². The number of aromatic nitrogens is 4. The van der Waals surface area contributed by atoms with Gasteiger partial charge in [-0.1, -0.05) is 6.07 Å². The summed E-state index contributed by atoms with van der Waals surface area (Å²) in [5.74, 6) is 0.308. The minimum Gasteiger partial charge on any atom is -0.294 e. The second-order valence-corrected chi connectivity index (χ2v) is 6.98. The number of nitrogens with one attached hydrogen (secondary N) is 2. The standard InChI is InChI=1S/C17H17N5O2S/c1-10-9-12(11(2)25-10)14(23)6-7-15(24)19-17-20-16(21-22-17)13-5-3-4-8-18-13/h3-5,8-9H,6-7H2,1-2H3,(H2,19,20,21,22,24). The van der Waals surface area contributed by atoms with E-state index in [2.05, 4.69) is 25.5 Å². The number of nitrogens with zero attached hydrogens (tertiary/aromatic N) is 3. The molecule has 3 rings (SSSR count). The number of Topliss-reactive ketones (excluding diaryl/α,β-unsaturated/α-hetero) is 1. The van der Waals surface area contributed by atoms with Crippen molar-refractivity contribution in [1.29, 1.82) is 0 Å². The molecule has 0 radical (unpaired) electrons. The third-order valence-electron chi connectivity index (χ3n) is 3.56. The Morgan fingerprint density at radius 1 is 1.24 bits per heavy atom. The lowest BCUT2D eigenvalue weighted by atomic mass is 10.1. The molecule has 0 unspecified atom stereocenters. The van der Waals surface area contributed by atoms with Gasteiger partial charge in [-0.15, -0.1) is 16.4 Å². The minimum absolute atomic E-state index is 0.0267. The van der Waals surface area contributed by atoms with Gasteiger partial charge < -0.3 is 0 Å². The van der Waals surface area contributed by atoms with Gasteiger partial charge in [0, 0.05) is 34.4 Å². The third-order valence-corrected chi connectivity index (χ3v) is 4.53. The van der Waals surface area contributed by atoms with Gasteiger partial charge in [0.05, 0.1) is 0 Å². The number of H-pyrrole nitrogens is 1. The van der Waals surface area contributed by atoms with Crippen LogP contribution >= 0.6 is 11.3 Å². The number of ketones is 1. The number of amides is 1. The molecule has 1 amide bonds. The average molecular weight is 355 g/mol. The first kappa shape index (κ1) is 17.0. The molecule has 2 N–H and O–H groups in total. The Labute approximate surface area is 148 Å². The summed E-state index contributed by atoms with van der Waals surface area (Å²) in [7, 11) is 0. The number of aryl methyl sites for hydroxylation is 2. The molecule has 128 valence electrons. The van der Waals surface area contributed by atoms with Gasteiger partial charge >= 0.3 is 0 Å². The topological polar surface area (TPSA) is 101 Å². The Bertz CT molecular complexity index is 901. The Hall–Kier alpha value is -2.87. The van der Waals surface area contributed by atoms with Crippen LogP contribution in [-0.4, -0.2) is 31.9 Å². The van der Waals surface area contributed by atoms with Crippen molar-refractivity contribution in [2.24, 2.45) is 0 Å². The van der Waals surface area contributed by atoms with Crippen LogP contribution in [0.4, 0.5) is 5.95 Å². The summed E-state index contributed by atoms with van der Waals surface area (Å²) in [4.78, 5) is 34.6. The SMILES string of the molecule is Cc1cc(C(=O)CCC(=O)Nc2n[nH]c(-c3ccccn3)n2)c(C)s1. The van der Waals surface area contributed by atoms with Crippen LogP contribution in [0.3, 0.4) is 0 Å². The fraction of sp³-hybridized carbons (Fsp3) is 0.235. The molecule has 0 bridgehead atoms. The van der Waals surface area contributed by atoms with E-state index in [1.54, 1.807) is 29.7 Å². The molecule has 0 aliphatic rings. The Morgan fingerprint density at radius 3 is 2.76 bits per heavy atom. The number of rotatable bonds is 6. The minimum atomic E-state index is -0.301. The van der Waals surface area contributed by atoms with Crippen LogP contribution in [0.1, 0.15) is 33.0 Å². The molecule has 0 atom stereocenters. The maximum atomic E-state index is 12.2. The summed E-state index contributed by atoms with van der Waals surface area (Å²) in [6, 6.07) is 7.30. The molecule has 0 aromatic carbocycles. The van der Waals surface area contributed by atoms with Gasteiger partial charge in [-0.2, -0.15) is 4.98 Å². The normalized spacial score (nSPS) is 10.6. The van der Waals surface area contributed by atoms with E-state index in [4.69, 9.17) is 0 Å². The zero-order valence-corrected chi connectivity index (χ0v) is 14.7. The van der Waals surface area contributed by atoms with Crippen molar-refractivity contribution in [3.8, 4) is 11.5 Å². The van der Waals surface area contributed by atoms with E-state index in [9.17, 15) is 9.59 Å². The van der Waals surface area contributed by atoms with Crippen molar-refractivity contribution in [3.05, 3.63) is 45.8 Å². The van der Waals surface area contributed by atoms with E-state index in [1.807, 2.05) is 26.0 Å². The zero-order valence-electron chi connectivity index (χ0n) is 13.9. The molecular formula is C17H17N5O2S. The first-order valence-electron chi connectivity index (χ1n) is 7.77. The van der Waals surface area contributed by atoms with E-state index in [-0.39, 0.29) is 30.5 Å². The molecule has 25 heavy (non-hydrogen) atoms. The second-order valence-electron chi connectivity index (χ2n) is 5.52. The Balaban J connectivity index is 1.55. The smallest absolute Gasteiger partial charge is 0.249 e. The molecule has 0 aliphatic heterocycles. The lowest BCUT2D eigenvalue weighted by molar-refractivity contribution is -0.116. The first-order valence-corrected chi connectivity index (χ1v) is 8.58. The lowest BCUT2D eigenvalue weighted by Gasteiger charge is -2.01. The second kappa shape index (κ2) is 7.35. The Morgan fingerprint density at radius 2 is 2.08 bits per heavy atom. The highest BCUT2D eigenvalue weighted by molar-refractivity contribution is 7.12. The third kappa shape index (κ3) is 4.16. The van der Waals surface area contributed by atoms with Crippen LogP contribution in [0.5, 0.6) is 0 Å². The van der Waals surface area contributed by atoms with Gasteiger partial charge in [0.2, 0.25) is 11.9 Å². The van der Waals surface area contributed by atoms with Crippen LogP contribution in [0.15, 0.2) is 30.5 Å². The fourth-order valence-electron chi connectivity index (χ4n) is 2.39. The predicted molar refractivity (Wildman–Crippen MR) is 95.6 cm³/mol. The molecule has 0 spiro atoms. The van der Waals surface area contributed by atoms with Crippen molar-refractivity contribution >= 4 is 29.0 Å². The monoisotopic (exact) mass is 355 g/mol. The predicted octanol–water partition coefficient (Wildman–Crippen LogP) is 3.15. The Kier molecular flexibility index (Phi) is 4.99. The summed E-state index contributed by atoms with van der Waals surface area (Å²) in [6.45, 7) is 3.88. The summed E-state index contributed by atoms with van der Waals surface area (Å²) in [5.41, 5.74) is 1.33. The maximum Gasteiger partial charge on any atom is 0.249 e. The van der Waals surface area contributed by atoms with Gasteiger partial charge in [-0.3, -0.25) is 25.0 Å². The average Bonchev–Trinajstić information content (AvgIpc) is 3.19. The molecule has 8 heteroatoms. The summed E-state index contributed by atoms with van der Waals surface area (Å²) in [5, 5.41) is 9.26. The summed E-state index contributed by atoms with van der Waals surface area (Å²) >= 11 is 1.58. The molecular weight excluding hydrogens is 338 g/mol. The van der Waals surface area contributed by atoms with Crippen molar-refractivity contribution < 1.29 is 9.59 Å². The van der Waals surface area contributed by atoms with Gasteiger partial charge in [-0.25, -0.2) is 0 Å². The highest BCUT2D eigenvalue weighted by Crippen LogP contribution is 2.22. The van der Waals surface area contributed by atoms with Crippen LogP contribution < -0.4 is 5.32 Å². The van der Waals surface area contributed by atoms with E-state index in [0.29, 0.717) is 17.1 Å². The van der Waals surface area contributed by atoms with Gasteiger partial charge in [0.1, 0.15) is 5.69 Å². The van der Waals surface area contributed by atoms with E-state index < -0.39 is 0 Å².